The standard InChI is InChI=1S/C27H27N3O5/c1-15-13-23(35-4)20(26(32)29-15)10-11-22(31)24-17(3)30(25-21(24)9-6-12-28-25)16(2)18-7-5-8-19(14-18)27(33)34/h5-9,12-14,16H,10-11H2,1-4H3,(H,29,32)(H,33,34). The van der Waals surface area contributed by atoms with Crippen molar-refractivity contribution in [3.63, 3.8) is 0 Å². The fourth-order valence-corrected chi connectivity index (χ4v) is 4.63. The summed E-state index contributed by atoms with van der Waals surface area (Å²) in [5, 5.41) is 10.1. The van der Waals surface area contributed by atoms with Crippen molar-refractivity contribution in [1.82, 2.24) is 14.5 Å². The number of nitrogens with one attached hydrogen (secondary N) is 1. The van der Waals surface area contributed by atoms with Crippen LogP contribution in [-0.4, -0.2) is 38.5 Å². The van der Waals surface area contributed by atoms with E-state index in [1.165, 1.54) is 7.11 Å². The van der Waals surface area contributed by atoms with Crippen molar-refractivity contribution >= 4 is 22.8 Å². The molecule has 180 valence electrons. The maximum atomic E-state index is 13.5. The average Bonchev–Trinajstić information content (AvgIpc) is 3.14. The molecule has 3 aromatic heterocycles. The fourth-order valence-electron chi connectivity index (χ4n) is 4.63. The zero-order valence-corrected chi connectivity index (χ0v) is 20.1. The van der Waals surface area contributed by atoms with E-state index in [-0.39, 0.29) is 35.8 Å². The molecule has 0 aliphatic heterocycles. The van der Waals surface area contributed by atoms with Crippen LogP contribution in [0.25, 0.3) is 11.0 Å². The van der Waals surface area contributed by atoms with Crippen molar-refractivity contribution in [1.29, 1.82) is 0 Å². The van der Waals surface area contributed by atoms with E-state index in [4.69, 9.17) is 4.74 Å². The van der Waals surface area contributed by atoms with Crippen LogP contribution >= 0.6 is 0 Å². The highest BCUT2D eigenvalue weighted by molar-refractivity contribution is 6.08. The predicted octanol–water partition coefficient (Wildman–Crippen LogP) is 4.47. The van der Waals surface area contributed by atoms with Gasteiger partial charge in [-0.2, -0.15) is 0 Å². The number of benzene rings is 1. The minimum atomic E-state index is -0.997. The molecule has 0 bridgehead atoms. The van der Waals surface area contributed by atoms with Crippen LogP contribution in [0, 0.1) is 13.8 Å². The first kappa shape index (κ1) is 23.9. The molecule has 4 aromatic rings. The fraction of sp³-hybridized carbons (Fsp3) is 0.259. The van der Waals surface area contributed by atoms with Crippen molar-refractivity contribution in [3.8, 4) is 5.75 Å². The van der Waals surface area contributed by atoms with E-state index in [1.54, 1.807) is 43.5 Å². The molecule has 4 rings (SSSR count). The normalized spacial score (nSPS) is 12.0. The monoisotopic (exact) mass is 473 g/mol. The number of hydrogen-bond donors (Lipinski definition) is 2. The van der Waals surface area contributed by atoms with E-state index in [9.17, 15) is 19.5 Å². The van der Waals surface area contributed by atoms with Crippen LogP contribution in [0.1, 0.15) is 62.6 Å². The summed E-state index contributed by atoms with van der Waals surface area (Å²) in [7, 11) is 1.50. The quantitative estimate of drug-likeness (QED) is 0.365. The zero-order valence-electron chi connectivity index (χ0n) is 20.1. The molecule has 1 aromatic carbocycles. The molecule has 8 nitrogen and oxygen atoms in total. The predicted molar refractivity (Wildman–Crippen MR) is 133 cm³/mol. The Morgan fingerprint density at radius 2 is 1.94 bits per heavy atom. The van der Waals surface area contributed by atoms with Crippen molar-refractivity contribution in [2.24, 2.45) is 0 Å². The van der Waals surface area contributed by atoms with Crippen LogP contribution in [-0.2, 0) is 6.42 Å². The number of aromatic amines is 1. The molecule has 0 spiro atoms. The van der Waals surface area contributed by atoms with Crippen LogP contribution in [0.4, 0.5) is 0 Å². The summed E-state index contributed by atoms with van der Waals surface area (Å²) < 4.78 is 7.32. The molecule has 0 aliphatic carbocycles. The largest absolute Gasteiger partial charge is 0.496 e. The lowest BCUT2D eigenvalue weighted by atomic mass is 10.0. The van der Waals surface area contributed by atoms with Crippen molar-refractivity contribution in [2.45, 2.75) is 39.7 Å². The number of hydrogen-bond acceptors (Lipinski definition) is 5. The SMILES string of the molecule is COc1cc(C)[nH]c(=O)c1CCC(=O)c1c(C)n(C(C)c2cccc(C(=O)O)c2)c2ncccc12. The van der Waals surface area contributed by atoms with Gasteiger partial charge in [0.1, 0.15) is 11.4 Å². The molecule has 2 N–H and O–H groups in total. The maximum Gasteiger partial charge on any atom is 0.335 e. The summed E-state index contributed by atoms with van der Waals surface area (Å²) in [4.78, 5) is 44.7. The molecule has 1 atom stereocenters. The van der Waals surface area contributed by atoms with Gasteiger partial charge in [-0.1, -0.05) is 12.1 Å². The summed E-state index contributed by atoms with van der Waals surface area (Å²) in [5.74, 6) is -0.636. The number of aryl methyl sites for hydroxylation is 1. The molecule has 1 unspecified atom stereocenters. The summed E-state index contributed by atoms with van der Waals surface area (Å²) in [6, 6.07) is 11.9. The summed E-state index contributed by atoms with van der Waals surface area (Å²) in [6.07, 6.45) is 2.03. The summed E-state index contributed by atoms with van der Waals surface area (Å²) >= 11 is 0. The van der Waals surface area contributed by atoms with Crippen molar-refractivity contribution in [3.05, 3.63) is 92.7 Å². The first-order valence-corrected chi connectivity index (χ1v) is 11.3. The molecular formula is C27H27N3O5. The summed E-state index contributed by atoms with van der Waals surface area (Å²) in [6.45, 7) is 5.59. The third kappa shape index (κ3) is 4.47. The highest BCUT2D eigenvalue weighted by Gasteiger charge is 2.24. The van der Waals surface area contributed by atoms with E-state index in [1.807, 2.05) is 30.5 Å². The van der Waals surface area contributed by atoms with Gasteiger partial charge >= 0.3 is 5.97 Å². The van der Waals surface area contributed by atoms with E-state index >= 15 is 0 Å². The maximum absolute atomic E-state index is 13.5. The topological polar surface area (TPSA) is 114 Å². The van der Waals surface area contributed by atoms with Gasteiger partial charge in [-0.25, -0.2) is 9.78 Å². The first-order chi connectivity index (χ1) is 16.7. The number of nitrogens with zero attached hydrogens (tertiary/aromatic N) is 2. The van der Waals surface area contributed by atoms with E-state index < -0.39 is 5.97 Å². The Balaban J connectivity index is 1.73. The van der Waals surface area contributed by atoms with E-state index in [0.29, 0.717) is 28.2 Å². The van der Waals surface area contributed by atoms with Gasteiger partial charge in [-0.05, 0) is 63.1 Å². The highest BCUT2D eigenvalue weighted by Crippen LogP contribution is 2.32. The number of Topliss-reactive ketones (excluding diaryl/α,β-unsaturated/α-hetero) is 1. The van der Waals surface area contributed by atoms with Crippen molar-refractivity contribution < 1.29 is 19.4 Å². The van der Waals surface area contributed by atoms with Gasteiger partial charge in [0.05, 0.1) is 24.3 Å². The number of carbonyl (C=O) groups is 2. The Kier molecular flexibility index (Phi) is 6.55. The van der Waals surface area contributed by atoms with Crippen LogP contribution in [0.2, 0.25) is 0 Å². The second kappa shape index (κ2) is 9.58. The lowest BCUT2D eigenvalue weighted by Crippen LogP contribution is -2.17. The number of carboxylic acid groups (broad SMARTS) is 1. The number of aromatic nitrogens is 3. The molecule has 8 heteroatoms. The van der Waals surface area contributed by atoms with Crippen LogP contribution in [0.3, 0.4) is 0 Å². The smallest absolute Gasteiger partial charge is 0.335 e. The third-order valence-corrected chi connectivity index (χ3v) is 6.34. The number of aromatic carboxylic acids is 1. The second-order valence-electron chi connectivity index (χ2n) is 8.56. The Labute approximate surface area is 202 Å². The van der Waals surface area contributed by atoms with Gasteiger partial charge in [0.15, 0.2) is 5.78 Å². The molecule has 0 saturated carbocycles. The molecule has 0 saturated heterocycles. The van der Waals surface area contributed by atoms with Gasteiger partial charge in [-0.15, -0.1) is 0 Å². The molecule has 0 amide bonds. The number of ketones is 1. The molecule has 3 heterocycles. The Hall–Kier alpha value is -4.20. The Morgan fingerprint density at radius 1 is 1.17 bits per heavy atom. The van der Waals surface area contributed by atoms with Crippen LogP contribution in [0.15, 0.2) is 53.5 Å². The molecule has 0 radical (unpaired) electrons. The van der Waals surface area contributed by atoms with Gasteiger partial charge in [-0.3, -0.25) is 9.59 Å². The third-order valence-electron chi connectivity index (χ3n) is 6.34. The van der Waals surface area contributed by atoms with Gasteiger partial charge in [0.25, 0.3) is 5.56 Å². The molecular weight excluding hydrogens is 446 g/mol. The first-order valence-electron chi connectivity index (χ1n) is 11.3. The number of ether oxygens (including phenoxy) is 1. The van der Waals surface area contributed by atoms with Crippen LogP contribution in [0.5, 0.6) is 5.75 Å². The lowest BCUT2D eigenvalue weighted by Gasteiger charge is -2.18. The van der Waals surface area contributed by atoms with Crippen LogP contribution < -0.4 is 10.3 Å². The molecule has 35 heavy (non-hydrogen) atoms. The number of H-pyrrole nitrogens is 1. The highest BCUT2D eigenvalue weighted by atomic mass is 16.5. The van der Waals surface area contributed by atoms with E-state index in [0.717, 1.165) is 16.6 Å². The zero-order chi connectivity index (χ0) is 25.3. The molecule has 0 fully saturated rings. The minimum Gasteiger partial charge on any atom is -0.496 e. The van der Waals surface area contributed by atoms with Gasteiger partial charge in [0, 0.05) is 35.0 Å². The average molecular weight is 474 g/mol. The van der Waals surface area contributed by atoms with Gasteiger partial charge in [0.2, 0.25) is 0 Å². The number of carboxylic acids is 1. The number of rotatable bonds is 8. The number of fused-ring (bicyclic) bond motifs is 1. The second-order valence-corrected chi connectivity index (χ2v) is 8.56. The van der Waals surface area contributed by atoms with Crippen molar-refractivity contribution in [2.75, 3.05) is 7.11 Å². The number of carbonyl (C=O) groups excluding carboxylic acids is 1. The number of methoxy groups -OCH3 is 1. The minimum absolute atomic E-state index is 0.104. The lowest BCUT2D eigenvalue weighted by molar-refractivity contribution is 0.0696. The van der Waals surface area contributed by atoms with Gasteiger partial charge < -0.3 is 19.4 Å². The Morgan fingerprint density at radius 3 is 2.66 bits per heavy atom. The summed E-state index contributed by atoms with van der Waals surface area (Å²) in [5.41, 5.74) is 3.79. The van der Waals surface area contributed by atoms with E-state index in [2.05, 4.69) is 9.97 Å². The molecule has 0 aliphatic rings. The number of pyridine rings is 2. The Bertz CT molecular complexity index is 1500.